The highest BCUT2D eigenvalue weighted by molar-refractivity contribution is 5.70. The second-order valence-corrected chi connectivity index (χ2v) is 12.0. The lowest BCUT2D eigenvalue weighted by atomic mass is 10.0. The molecular formula is C40H68O5. The van der Waals surface area contributed by atoms with Crippen LogP contribution in [0.25, 0.3) is 0 Å². The summed E-state index contributed by atoms with van der Waals surface area (Å²) in [4.78, 5) is 24.1. The fraction of sp³-hybridized carbons (Fsp3) is 0.700. The van der Waals surface area contributed by atoms with Crippen molar-refractivity contribution < 1.29 is 24.2 Å². The second-order valence-electron chi connectivity index (χ2n) is 12.0. The van der Waals surface area contributed by atoms with Crippen LogP contribution in [0, 0.1) is 0 Å². The Hall–Kier alpha value is -2.40. The average molecular weight is 629 g/mol. The molecule has 5 heteroatoms. The number of hydrogen-bond acceptors (Lipinski definition) is 5. The Bertz CT molecular complexity index is 808. The number of aliphatic hydroxyl groups excluding tert-OH is 1. The zero-order valence-corrected chi connectivity index (χ0v) is 29.1. The van der Waals surface area contributed by atoms with E-state index in [1.54, 1.807) is 0 Å². The molecule has 0 radical (unpaired) electrons. The fourth-order valence-electron chi connectivity index (χ4n) is 4.94. The second kappa shape index (κ2) is 36.1. The Kier molecular flexibility index (Phi) is 34.1. The summed E-state index contributed by atoms with van der Waals surface area (Å²) in [5.74, 6) is -0.678. The normalized spacial score (nSPS) is 12.9. The van der Waals surface area contributed by atoms with Crippen molar-refractivity contribution in [1.82, 2.24) is 0 Å². The summed E-state index contributed by atoms with van der Waals surface area (Å²) in [6.45, 7) is 3.92. The Morgan fingerprint density at radius 3 is 1.42 bits per heavy atom. The summed E-state index contributed by atoms with van der Waals surface area (Å²) >= 11 is 0. The number of allylic oxidation sites excluding steroid dienone is 10. The van der Waals surface area contributed by atoms with Gasteiger partial charge in [0.25, 0.3) is 0 Å². The van der Waals surface area contributed by atoms with E-state index in [9.17, 15) is 14.7 Å². The van der Waals surface area contributed by atoms with Gasteiger partial charge in [-0.1, -0.05) is 184 Å². The van der Waals surface area contributed by atoms with Crippen molar-refractivity contribution in [3.8, 4) is 0 Å². The molecule has 0 rings (SSSR count). The van der Waals surface area contributed by atoms with Gasteiger partial charge < -0.3 is 14.6 Å². The molecule has 0 aliphatic carbocycles. The average Bonchev–Trinajstić information content (AvgIpc) is 3.04. The molecule has 0 bridgehead atoms. The maximum absolute atomic E-state index is 12.1. The van der Waals surface area contributed by atoms with Gasteiger partial charge in [0.15, 0.2) is 6.10 Å². The molecule has 5 nitrogen and oxygen atoms in total. The molecule has 1 atom stereocenters. The van der Waals surface area contributed by atoms with Gasteiger partial charge in [-0.25, -0.2) is 0 Å². The smallest absolute Gasteiger partial charge is 0.306 e. The minimum atomic E-state index is -0.799. The van der Waals surface area contributed by atoms with Crippen LogP contribution in [0.1, 0.15) is 162 Å². The Labute approximate surface area is 277 Å². The van der Waals surface area contributed by atoms with Crippen molar-refractivity contribution in [2.75, 3.05) is 13.2 Å². The van der Waals surface area contributed by atoms with Crippen molar-refractivity contribution in [1.29, 1.82) is 0 Å². The maximum Gasteiger partial charge on any atom is 0.306 e. The molecular weight excluding hydrogens is 560 g/mol. The zero-order chi connectivity index (χ0) is 32.9. The van der Waals surface area contributed by atoms with E-state index in [-0.39, 0.29) is 31.6 Å². The van der Waals surface area contributed by atoms with E-state index in [1.807, 2.05) is 54.7 Å². The molecule has 1 unspecified atom stereocenters. The number of hydrogen-bond donors (Lipinski definition) is 1. The topological polar surface area (TPSA) is 72.8 Å². The SMILES string of the molecule is CC/C=C/C=C/C=C/C=C/C=C/CCCC(=O)OCC(CO)OC(=O)CCCCCCCCCCCCCCCCCCCC. The standard InChI is InChI=1S/C40H68O5/c1-3-5-7-9-11-13-15-17-18-19-20-21-23-25-27-29-31-33-35-40(43)45-38(36-41)37-44-39(42)34-32-30-28-26-24-22-16-14-12-10-8-6-4-2/h6,8,10,12,14,16,22,24,26,28,38,41H,3-5,7,9,11,13,15,17-21,23,25,27,29-37H2,1-2H3/b8-6+,12-10+,16-14+,24-22+,28-26+. The minimum absolute atomic E-state index is 0.103. The summed E-state index contributed by atoms with van der Waals surface area (Å²) in [5, 5.41) is 9.52. The van der Waals surface area contributed by atoms with Crippen LogP contribution in [-0.4, -0.2) is 36.4 Å². The summed E-state index contributed by atoms with van der Waals surface area (Å²) in [6, 6.07) is 0. The molecule has 0 aliphatic heterocycles. The molecule has 0 aliphatic rings. The number of esters is 2. The monoisotopic (exact) mass is 629 g/mol. The Balaban J connectivity index is 3.64. The lowest BCUT2D eigenvalue weighted by Gasteiger charge is -2.15. The molecule has 0 aromatic heterocycles. The van der Waals surface area contributed by atoms with Crippen LogP contribution in [0.2, 0.25) is 0 Å². The van der Waals surface area contributed by atoms with E-state index in [0.717, 1.165) is 32.1 Å². The first-order valence-corrected chi connectivity index (χ1v) is 18.4. The quantitative estimate of drug-likeness (QED) is 0.0456. The van der Waals surface area contributed by atoms with Crippen molar-refractivity contribution in [3.63, 3.8) is 0 Å². The van der Waals surface area contributed by atoms with Gasteiger partial charge in [0, 0.05) is 12.8 Å². The fourth-order valence-corrected chi connectivity index (χ4v) is 4.94. The molecule has 0 aromatic rings. The molecule has 0 saturated heterocycles. The van der Waals surface area contributed by atoms with Crippen LogP contribution in [0.3, 0.4) is 0 Å². The molecule has 0 heterocycles. The molecule has 0 spiro atoms. The predicted molar refractivity (Wildman–Crippen MR) is 191 cm³/mol. The highest BCUT2D eigenvalue weighted by Gasteiger charge is 2.16. The Morgan fingerprint density at radius 1 is 0.533 bits per heavy atom. The first kappa shape index (κ1) is 42.6. The van der Waals surface area contributed by atoms with Crippen molar-refractivity contribution in [2.45, 2.75) is 168 Å². The number of ether oxygens (including phenoxy) is 2. The Morgan fingerprint density at radius 2 is 0.956 bits per heavy atom. The van der Waals surface area contributed by atoms with E-state index in [1.165, 1.54) is 96.3 Å². The van der Waals surface area contributed by atoms with Gasteiger partial charge in [0.1, 0.15) is 6.61 Å². The van der Waals surface area contributed by atoms with E-state index >= 15 is 0 Å². The molecule has 45 heavy (non-hydrogen) atoms. The van der Waals surface area contributed by atoms with Gasteiger partial charge in [-0.2, -0.15) is 0 Å². The largest absolute Gasteiger partial charge is 0.462 e. The third-order valence-electron chi connectivity index (χ3n) is 7.70. The molecule has 0 saturated carbocycles. The number of rotatable bonds is 32. The van der Waals surface area contributed by atoms with E-state index < -0.39 is 6.10 Å². The van der Waals surface area contributed by atoms with E-state index in [2.05, 4.69) is 19.9 Å². The van der Waals surface area contributed by atoms with Gasteiger partial charge in [-0.3, -0.25) is 9.59 Å². The van der Waals surface area contributed by atoms with Crippen LogP contribution in [0.4, 0.5) is 0 Å². The molecule has 0 amide bonds. The summed E-state index contributed by atoms with van der Waals surface area (Å²) in [6.07, 6.45) is 45.7. The first-order chi connectivity index (χ1) is 22.1. The van der Waals surface area contributed by atoms with Crippen LogP contribution in [0.5, 0.6) is 0 Å². The maximum atomic E-state index is 12.1. The number of unbranched alkanes of at least 4 members (excludes halogenated alkanes) is 18. The van der Waals surface area contributed by atoms with E-state index in [0.29, 0.717) is 12.8 Å². The summed E-state index contributed by atoms with van der Waals surface area (Å²) in [7, 11) is 0. The van der Waals surface area contributed by atoms with Gasteiger partial charge in [0.05, 0.1) is 6.61 Å². The van der Waals surface area contributed by atoms with Crippen LogP contribution < -0.4 is 0 Å². The molecule has 1 N–H and O–H groups in total. The molecule has 0 aromatic carbocycles. The highest BCUT2D eigenvalue weighted by Crippen LogP contribution is 2.15. The van der Waals surface area contributed by atoms with Crippen molar-refractivity contribution in [3.05, 3.63) is 60.8 Å². The van der Waals surface area contributed by atoms with Crippen LogP contribution in [-0.2, 0) is 19.1 Å². The molecule has 0 fully saturated rings. The van der Waals surface area contributed by atoms with Gasteiger partial charge >= 0.3 is 11.9 Å². The third-order valence-corrected chi connectivity index (χ3v) is 7.70. The first-order valence-electron chi connectivity index (χ1n) is 18.4. The van der Waals surface area contributed by atoms with Crippen molar-refractivity contribution in [2.24, 2.45) is 0 Å². The predicted octanol–water partition coefficient (Wildman–Crippen LogP) is 11.2. The van der Waals surface area contributed by atoms with Crippen LogP contribution in [0.15, 0.2) is 60.8 Å². The van der Waals surface area contributed by atoms with Gasteiger partial charge in [0.2, 0.25) is 0 Å². The molecule has 258 valence electrons. The number of carbonyl (C=O) groups excluding carboxylic acids is 2. The van der Waals surface area contributed by atoms with Gasteiger partial charge in [-0.05, 0) is 25.7 Å². The summed E-state index contributed by atoms with van der Waals surface area (Å²) in [5.41, 5.74) is 0. The lowest BCUT2D eigenvalue weighted by molar-refractivity contribution is -0.161. The summed E-state index contributed by atoms with van der Waals surface area (Å²) < 4.78 is 10.5. The van der Waals surface area contributed by atoms with E-state index in [4.69, 9.17) is 9.47 Å². The van der Waals surface area contributed by atoms with Crippen molar-refractivity contribution >= 4 is 11.9 Å². The zero-order valence-electron chi connectivity index (χ0n) is 29.1. The lowest BCUT2D eigenvalue weighted by Crippen LogP contribution is -2.28. The third kappa shape index (κ3) is 34.3. The van der Waals surface area contributed by atoms with Gasteiger partial charge in [-0.15, -0.1) is 0 Å². The number of carbonyl (C=O) groups is 2. The minimum Gasteiger partial charge on any atom is -0.462 e. The number of aliphatic hydroxyl groups is 1. The highest BCUT2D eigenvalue weighted by atomic mass is 16.6. The van der Waals surface area contributed by atoms with Crippen LogP contribution >= 0.6 is 0 Å².